The molecular weight excluding hydrogens is 340 g/mol. The molecule has 2 aromatic rings. The van der Waals surface area contributed by atoms with Crippen LogP contribution in [0, 0.1) is 6.92 Å². The van der Waals surface area contributed by atoms with Gasteiger partial charge in [0, 0.05) is 16.7 Å². The Hall–Kier alpha value is -1.83. The Morgan fingerprint density at radius 3 is 2.78 bits per heavy atom. The molecule has 0 fully saturated rings. The number of sulfonamides is 1. The number of benzene rings is 1. The number of nitrogens with one attached hydrogen (secondary N) is 1. The van der Waals surface area contributed by atoms with Gasteiger partial charge in [0.05, 0.1) is 6.04 Å². The molecule has 1 atom stereocenters. The van der Waals surface area contributed by atoms with Gasteiger partial charge in [-0.3, -0.25) is 4.79 Å². The van der Waals surface area contributed by atoms with E-state index in [1.54, 1.807) is 13.0 Å². The maximum absolute atomic E-state index is 12.4. The second kappa shape index (κ2) is 5.67. The lowest BCUT2D eigenvalue weighted by Gasteiger charge is -2.13. The van der Waals surface area contributed by atoms with Crippen molar-refractivity contribution in [3.63, 3.8) is 0 Å². The second-order valence-corrected chi connectivity index (χ2v) is 7.46. The van der Waals surface area contributed by atoms with Crippen LogP contribution in [-0.2, 0) is 16.4 Å². The van der Waals surface area contributed by atoms with Crippen LogP contribution < -0.4 is 10.5 Å². The standard InChI is InChI=1S/C15H15ClN2O4S/c1-8-6-13(23(17,20)21)22-14(8)15(19)18-12-5-2-9-7-10(16)3-4-11(9)12/h3-4,6-7,12H,2,5H2,1H3,(H,18,19)(H2,17,20,21)/t12-/m1/s1. The van der Waals surface area contributed by atoms with Gasteiger partial charge in [-0.2, -0.15) is 0 Å². The van der Waals surface area contributed by atoms with Gasteiger partial charge in [-0.15, -0.1) is 0 Å². The Balaban J connectivity index is 1.83. The highest BCUT2D eigenvalue weighted by Gasteiger charge is 2.27. The number of fused-ring (bicyclic) bond motifs is 1. The van der Waals surface area contributed by atoms with E-state index in [1.165, 1.54) is 6.07 Å². The molecule has 1 aliphatic carbocycles. The number of halogens is 1. The van der Waals surface area contributed by atoms with Gasteiger partial charge in [0.1, 0.15) is 0 Å². The minimum atomic E-state index is -3.98. The molecule has 1 aliphatic rings. The lowest BCUT2D eigenvalue weighted by atomic mass is 10.1. The fourth-order valence-electron chi connectivity index (χ4n) is 2.78. The van der Waals surface area contributed by atoms with Gasteiger partial charge in [0.15, 0.2) is 5.76 Å². The van der Waals surface area contributed by atoms with Crippen molar-refractivity contribution in [1.82, 2.24) is 5.32 Å². The van der Waals surface area contributed by atoms with E-state index in [1.807, 2.05) is 12.1 Å². The summed E-state index contributed by atoms with van der Waals surface area (Å²) in [6.45, 7) is 1.59. The summed E-state index contributed by atoms with van der Waals surface area (Å²) in [5.74, 6) is -0.512. The lowest BCUT2D eigenvalue weighted by molar-refractivity contribution is 0.0902. The predicted octanol–water partition coefficient (Wildman–Crippen LogP) is 2.31. The molecule has 3 N–H and O–H groups in total. The third-order valence-electron chi connectivity index (χ3n) is 3.87. The number of nitrogens with two attached hydrogens (primary N) is 1. The Morgan fingerprint density at radius 1 is 1.39 bits per heavy atom. The SMILES string of the molecule is Cc1cc(S(N)(=O)=O)oc1C(=O)N[C@@H]1CCc2cc(Cl)ccc21. The van der Waals surface area contributed by atoms with E-state index >= 15 is 0 Å². The first kappa shape index (κ1) is 16.0. The first-order valence-corrected chi connectivity index (χ1v) is 8.90. The third kappa shape index (κ3) is 3.12. The Bertz CT molecular complexity index is 889. The summed E-state index contributed by atoms with van der Waals surface area (Å²) in [7, 11) is -3.98. The quantitative estimate of drug-likeness (QED) is 0.882. The molecule has 0 bridgehead atoms. The molecule has 0 aliphatic heterocycles. The van der Waals surface area contributed by atoms with Crippen LogP contribution in [0.15, 0.2) is 33.8 Å². The van der Waals surface area contributed by atoms with E-state index in [-0.39, 0.29) is 11.8 Å². The first-order valence-electron chi connectivity index (χ1n) is 6.98. The van der Waals surface area contributed by atoms with Crippen LogP contribution in [0.4, 0.5) is 0 Å². The molecule has 3 rings (SSSR count). The molecule has 8 heteroatoms. The molecule has 1 aromatic carbocycles. The van der Waals surface area contributed by atoms with Crippen molar-refractivity contribution in [3.05, 3.63) is 51.7 Å². The van der Waals surface area contributed by atoms with Crippen LogP contribution in [0.1, 0.15) is 39.7 Å². The number of hydrogen-bond donors (Lipinski definition) is 2. The van der Waals surface area contributed by atoms with E-state index in [0.717, 1.165) is 24.0 Å². The van der Waals surface area contributed by atoms with Crippen LogP contribution in [0.25, 0.3) is 0 Å². The highest BCUT2D eigenvalue weighted by Crippen LogP contribution is 2.33. The average molecular weight is 355 g/mol. The Labute approximate surface area is 138 Å². The number of carbonyl (C=O) groups is 1. The molecular formula is C15H15ClN2O4S. The smallest absolute Gasteiger partial charge is 0.287 e. The predicted molar refractivity (Wildman–Crippen MR) is 84.8 cm³/mol. The summed E-state index contributed by atoms with van der Waals surface area (Å²) in [6.07, 6.45) is 1.57. The van der Waals surface area contributed by atoms with Crippen LogP contribution in [0.3, 0.4) is 0 Å². The van der Waals surface area contributed by atoms with E-state index in [9.17, 15) is 13.2 Å². The molecule has 0 saturated carbocycles. The topological polar surface area (TPSA) is 102 Å². The summed E-state index contributed by atoms with van der Waals surface area (Å²) < 4.78 is 27.7. The summed E-state index contributed by atoms with van der Waals surface area (Å²) in [5, 5.41) is 8.12. The summed E-state index contributed by atoms with van der Waals surface area (Å²) in [5.41, 5.74) is 2.53. The molecule has 1 heterocycles. The largest absolute Gasteiger partial charge is 0.438 e. The van der Waals surface area contributed by atoms with Crippen molar-refractivity contribution in [1.29, 1.82) is 0 Å². The zero-order chi connectivity index (χ0) is 16.8. The molecule has 122 valence electrons. The third-order valence-corrected chi connectivity index (χ3v) is 4.87. The second-order valence-electron chi connectivity index (χ2n) is 5.53. The number of hydrogen-bond acceptors (Lipinski definition) is 4. The molecule has 6 nitrogen and oxygen atoms in total. The van der Waals surface area contributed by atoms with Crippen molar-refractivity contribution in [2.24, 2.45) is 5.14 Å². The van der Waals surface area contributed by atoms with Crippen molar-refractivity contribution in [2.75, 3.05) is 0 Å². The van der Waals surface area contributed by atoms with E-state index in [4.69, 9.17) is 21.2 Å². The Morgan fingerprint density at radius 2 is 2.13 bits per heavy atom. The molecule has 0 radical (unpaired) electrons. The lowest BCUT2D eigenvalue weighted by Crippen LogP contribution is -2.27. The zero-order valence-corrected chi connectivity index (χ0v) is 13.9. The van der Waals surface area contributed by atoms with Crippen LogP contribution in [0.2, 0.25) is 5.02 Å². The fourth-order valence-corrected chi connectivity index (χ4v) is 3.51. The van der Waals surface area contributed by atoms with Crippen LogP contribution >= 0.6 is 11.6 Å². The minimum Gasteiger partial charge on any atom is -0.438 e. The number of furan rings is 1. The van der Waals surface area contributed by atoms with Crippen molar-refractivity contribution >= 4 is 27.5 Å². The fraction of sp³-hybridized carbons (Fsp3) is 0.267. The monoisotopic (exact) mass is 354 g/mol. The highest BCUT2D eigenvalue weighted by atomic mass is 35.5. The van der Waals surface area contributed by atoms with Crippen LogP contribution in [0.5, 0.6) is 0 Å². The molecule has 0 unspecified atom stereocenters. The van der Waals surface area contributed by atoms with Gasteiger partial charge >= 0.3 is 0 Å². The summed E-state index contributed by atoms with van der Waals surface area (Å²) in [4.78, 5) is 12.4. The van der Waals surface area contributed by atoms with Crippen LogP contribution in [-0.4, -0.2) is 14.3 Å². The summed E-state index contributed by atoms with van der Waals surface area (Å²) >= 11 is 5.97. The average Bonchev–Trinajstić information content (AvgIpc) is 3.02. The zero-order valence-electron chi connectivity index (χ0n) is 12.3. The summed E-state index contributed by atoms with van der Waals surface area (Å²) in [6, 6.07) is 6.65. The molecule has 0 saturated heterocycles. The van der Waals surface area contributed by atoms with Gasteiger partial charge < -0.3 is 9.73 Å². The van der Waals surface area contributed by atoms with E-state index < -0.39 is 21.0 Å². The van der Waals surface area contributed by atoms with Gasteiger partial charge in [0.25, 0.3) is 15.9 Å². The molecule has 23 heavy (non-hydrogen) atoms. The van der Waals surface area contributed by atoms with Gasteiger partial charge in [-0.25, -0.2) is 13.6 Å². The van der Waals surface area contributed by atoms with Gasteiger partial charge in [0.2, 0.25) is 5.09 Å². The number of primary sulfonamides is 1. The number of amides is 1. The maximum Gasteiger partial charge on any atom is 0.287 e. The number of carbonyl (C=O) groups excluding carboxylic acids is 1. The van der Waals surface area contributed by atoms with Crippen molar-refractivity contribution in [3.8, 4) is 0 Å². The van der Waals surface area contributed by atoms with Gasteiger partial charge in [-0.05, 0) is 43.0 Å². The normalized spacial score (nSPS) is 17.1. The van der Waals surface area contributed by atoms with Crippen molar-refractivity contribution in [2.45, 2.75) is 30.9 Å². The molecule has 1 aromatic heterocycles. The minimum absolute atomic E-state index is 0.0450. The molecule has 1 amide bonds. The van der Waals surface area contributed by atoms with E-state index in [0.29, 0.717) is 10.6 Å². The van der Waals surface area contributed by atoms with Gasteiger partial charge in [-0.1, -0.05) is 17.7 Å². The van der Waals surface area contributed by atoms with Crippen molar-refractivity contribution < 1.29 is 17.6 Å². The molecule has 0 spiro atoms. The highest BCUT2D eigenvalue weighted by molar-refractivity contribution is 7.89. The Kier molecular flexibility index (Phi) is 3.95. The number of aryl methyl sites for hydroxylation is 2. The maximum atomic E-state index is 12.4. The van der Waals surface area contributed by atoms with E-state index in [2.05, 4.69) is 5.32 Å². The first-order chi connectivity index (χ1) is 10.8. The number of rotatable bonds is 3.